The van der Waals surface area contributed by atoms with Crippen LogP contribution in [0.1, 0.15) is 19.4 Å². The summed E-state index contributed by atoms with van der Waals surface area (Å²) in [4.78, 5) is 0. The number of nitrogens with one attached hydrogen (secondary N) is 2. The van der Waals surface area contributed by atoms with Gasteiger partial charge in [0.05, 0.1) is 0 Å². The van der Waals surface area contributed by atoms with Gasteiger partial charge in [0.1, 0.15) is 0 Å². The predicted octanol–water partition coefficient (Wildman–Crippen LogP) is 2.47. The van der Waals surface area contributed by atoms with Crippen molar-refractivity contribution in [2.75, 3.05) is 19.6 Å². The summed E-state index contributed by atoms with van der Waals surface area (Å²) in [7, 11) is 0. The molecule has 0 saturated heterocycles. The van der Waals surface area contributed by atoms with Gasteiger partial charge in [0, 0.05) is 24.2 Å². The Bertz CT molecular complexity index is 300. The lowest BCUT2D eigenvalue weighted by molar-refractivity contribution is 0.556. The van der Waals surface area contributed by atoms with Crippen LogP contribution in [0.25, 0.3) is 0 Å². The summed E-state index contributed by atoms with van der Waals surface area (Å²) in [5.41, 5.74) is 1.22. The summed E-state index contributed by atoms with van der Waals surface area (Å²) in [6, 6.07) is 8.58. The molecule has 1 aromatic carbocycles. The Morgan fingerprint density at radius 1 is 1.12 bits per heavy atom. The molecule has 0 aliphatic rings. The van der Waals surface area contributed by atoms with Crippen LogP contribution in [0.2, 0.25) is 5.02 Å². The Hall–Kier alpha value is -0.570. The highest BCUT2D eigenvalue weighted by molar-refractivity contribution is 6.31. The van der Waals surface area contributed by atoms with E-state index < -0.39 is 0 Å². The van der Waals surface area contributed by atoms with Crippen molar-refractivity contribution in [1.82, 2.24) is 10.6 Å². The summed E-state index contributed by atoms with van der Waals surface area (Å²) in [5, 5.41) is 7.63. The van der Waals surface area contributed by atoms with Crippen LogP contribution in [-0.4, -0.2) is 25.7 Å². The Labute approximate surface area is 103 Å². The van der Waals surface area contributed by atoms with Crippen LogP contribution in [0.15, 0.2) is 24.3 Å². The molecule has 90 valence electrons. The fourth-order valence-electron chi connectivity index (χ4n) is 1.50. The molecule has 3 heteroatoms. The maximum Gasteiger partial charge on any atom is 0.0438 e. The van der Waals surface area contributed by atoms with Gasteiger partial charge in [-0.15, -0.1) is 0 Å². The van der Waals surface area contributed by atoms with E-state index >= 15 is 0 Å². The summed E-state index contributed by atoms with van der Waals surface area (Å²) in [5.74, 6) is 0. The Morgan fingerprint density at radius 2 is 1.88 bits per heavy atom. The highest BCUT2D eigenvalue weighted by Gasteiger charge is 1.97. The molecule has 0 bridgehead atoms. The second kappa shape index (κ2) is 7.66. The molecule has 0 unspecified atom stereocenters. The SMILES string of the molecule is CC(C)NCCNCCc1ccccc1Cl. The Kier molecular flexibility index (Phi) is 6.46. The minimum atomic E-state index is 0.561. The number of benzene rings is 1. The van der Waals surface area contributed by atoms with E-state index in [-0.39, 0.29) is 0 Å². The van der Waals surface area contributed by atoms with Crippen molar-refractivity contribution in [2.24, 2.45) is 0 Å². The van der Waals surface area contributed by atoms with E-state index in [1.54, 1.807) is 0 Å². The van der Waals surface area contributed by atoms with Gasteiger partial charge >= 0.3 is 0 Å². The van der Waals surface area contributed by atoms with Crippen molar-refractivity contribution in [3.05, 3.63) is 34.9 Å². The zero-order valence-corrected chi connectivity index (χ0v) is 10.8. The molecular formula is C13H21ClN2. The molecule has 1 aromatic rings. The summed E-state index contributed by atoms with van der Waals surface area (Å²) < 4.78 is 0. The third kappa shape index (κ3) is 5.50. The maximum absolute atomic E-state index is 6.07. The standard InChI is InChI=1S/C13H21ClN2/c1-11(2)16-10-9-15-8-7-12-5-3-4-6-13(12)14/h3-6,11,15-16H,7-10H2,1-2H3. The molecule has 0 radical (unpaired) electrons. The van der Waals surface area contributed by atoms with Gasteiger partial charge in [0.15, 0.2) is 0 Å². The van der Waals surface area contributed by atoms with Crippen LogP contribution in [-0.2, 0) is 6.42 Å². The number of rotatable bonds is 7. The largest absolute Gasteiger partial charge is 0.315 e. The van der Waals surface area contributed by atoms with Crippen LogP contribution in [0.3, 0.4) is 0 Å². The Balaban J connectivity index is 2.10. The van der Waals surface area contributed by atoms with Crippen molar-refractivity contribution < 1.29 is 0 Å². The molecule has 0 aliphatic carbocycles. The number of hydrogen-bond donors (Lipinski definition) is 2. The molecule has 0 fully saturated rings. The van der Waals surface area contributed by atoms with Gasteiger partial charge in [-0.05, 0) is 24.6 Å². The molecule has 0 spiro atoms. The Morgan fingerprint density at radius 3 is 2.56 bits per heavy atom. The van der Waals surface area contributed by atoms with Gasteiger partial charge in [0.2, 0.25) is 0 Å². The monoisotopic (exact) mass is 240 g/mol. The first kappa shape index (κ1) is 13.5. The van der Waals surface area contributed by atoms with Gasteiger partial charge < -0.3 is 10.6 Å². The molecule has 2 N–H and O–H groups in total. The van der Waals surface area contributed by atoms with E-state index in [2.05, 4.69) is 30.5 Å². The molecule has 0 aromatic heterocycles. The molecule has 0 heterocycles. The lowest BCUT2D eigenvalue weighted by Gasteiger charge is -2.09. The maximum atomic E-state index is 6.07. The van der Waals surface area contributed by atoms with Crippen molar-refractivity contribution in [3.63, 3.8) is 0 Å². The minimum Gasteiger partial charge on any atom is -0.315 e. The van der Waals surface area contributed by atoms with Crippen LogP contribution < -0.4 is 10.6 Å². The predicted molar refractivity (Wildman–Crippen MR) is 71.2 cm³/mol. The third-order valence-electron chi connectivity index (χ3n) is 2.38. The van der Waals surface area contributed by atoms with E-state index in [1.807, 2.05) is 18.2 Å². The smallest absolute Gasteiger partial charge is 0.0438 e. The first-order valence-corrected chi connectivity index (χ1v) is 6.25. The average molecular weight is 241 g/mol. The molecule has 0 amide bonds. The second-order valence-electron chi connectivity index (χ2n) is 4.20. The van der Waals surface area contributed by atoms with E-state index in [0.29, 0.717) is 6.04 Å². The van der Waals surface area contributed by atoms with E-state index in [4.69, 9.17) is 11.6 Å². The van der Waals surface area contributed by atoms with Crippen LogP contribution in [0.4, 0.5) is 0 Å². The molecule has 1 rings (SSSR count). The molecular weight excluding hydrogens is 220 g/mol. The van der Waals surface area contributed by atoms with Crippen molar-refractivity contribution >= 4 is 11.6 Å². The van der Waals surface area contributed by atoms with Crippen molar-refractivity contribution in [3.8, 4) is 0 Å². The van der Waals surface area contributed by atoms with Crippen LogP contribution in [0, 0.1) is 0 Å². The minimum absolute atomic E-state index is 0.561. The van der Waals surface area contributed by atoms with Crippen LogP contribution >= 0.6 is 11.6 Å². The van der Waals surface area contributed by atoms with Gasteiger partial charge in [-0.3, -0.25) is 0 Å². The normalized spacial score (nSPS) is 11.0. The van der Waals surface area contributed by atoms with Gasteiger partial charge in [0.25, 0.3) is 0 Å². The molecule has 0 atom stereocenters. The zero-order chi connectivity index (χ0) is 11.8. The fraction of sp³-hybridized carbons (Fsp3) is 0.538. The molecule has 16 heavy (non-hydrogen) atoms. The van der Waals surface area contributed by atoms with Gasteiger partial charge in [-0.25, -0.2) is 0 Å². The van der Waals surface area contributed by atoms with E-state index in [0.717, 1.165) is 31.1 Å². The number of halogens is 1. The summed E-state index contributed by atoms with van der Waals surface area (Å²) >= 11 is 6.07. The highest BCUT2D eigenvalue weighted by atomic mass is 35.5. The highest BCUT2D eigenvalue weighted by Crippen LogP contribution is 2.14. The van der Waals surface area contributed by atoms with Crippen molar-refractivity contribution in [1.29, 1.82) is 0 Å². The lowest BCUT2D eigenvalue weighted by Crippen LogP contribution is -2.32. The summed E-state index contributed by atoms with van der Waals surface area (Å²) in [6.07, 6.45) is 0.987. The molecule has 0 saturated carbocycles. The van der Waals surface area contributed by atoms with E-state index in [9.17, 15) is 0 Å². The average Bonchev–Trinajstić information content (AvgIpc) is 2.25. The first-order chi connectivity index (χ1) is 7.70. The summed E-state index contributed by atoms with van der Waals surface area (Å²) in [6.45, 7) is 7.31. The van der Waals surface area contributed by atoms with Crippen molar-refractivity contribution in [2.45, 2.75) is 26.3 Å². The quantitative estimate of drug-likeness (QED) is 0.716. The number of hydrogen-bond acceptors (Lipinski definition) is 2. The third-order valence-corrected chi connectivity index (χ3v) is 2.75. The van der Waals surface area contributed by atoms with Gasteiger partial charge in [-0.2, -0.15) is 0 Å². The van der Waals surface area contributed by atoms with E-state index in [1.165, 1.54) is 5.56 Å². The fourth-order valence-corrected chi connectivity index (χ4v) is 1.73. The van der Waals surface area contributed by atoms with Gasteiger partial charge in [-0.1, -0.05) is 43.6 Å². The zero-order valence-electron chi connectivity index (χ0n) is 10.1. The molecule has 0 aliphatic heterocycles. The topological polar surface area (TPSA) is 24.1 Å². The molecule has 2 nitrogen and oxygen atoms in total. The lowest BCUT2D eigenvalue weighted by atomic mass is 10.1. The second-order valence-corrected chi connectivity index (χ2v) is 4.61. The van der Waals surface area contributed by atoms with Crippen LogP contribution in [0.5, 0.6) is 0 Å². The first-order valence-electron chi connectivity index (χ1n) is 5.87.